The summed E-state index contributed by atoms with van der Waals surface area (Å²) in [4.78, 5) is 43.6. The number of rotatable bonds is 5. The number of benzene rings is 2. The lowest BCUT2D eigenvalue weighted by Crippen LogP contribution is -2.30. The Labute approximate surface area is 176 Å². The zero-order valence-corrected chi connectivity index (χ0v) is 16.4. The van der Waals surface area contributed by atoms with Crippen LogP contribution in [0.15, 0.2) is 76.4 Å². The first kappa shape index (κ1) is 18.8. The maximum Gasteiger partial charge on any atom is 0.330 e. The Morgan fingerprint density at radius 2 is 1.74 bits per heavy atom. The van der Waals surface area contributed by atoms with Gasteiger partial charge in [-0.25, -0.2) is 9.78 Å². The molecule has 0 radical (unpaired) electrons. The van der Waals surface area contributed by atoms with Gasteiger partial charge in [0, 0.05) is 17.9 Å². The summed E-state index contributed by atoms with van der Waals surface area (Å²) in [5.74, 6) is 0.951. The van der Waals surface area contributed by atoms with Crippen LogP contribution in [-0.2, 0) is 0 Å². The van der Waals surface area contributed by atoms with Gasteiger partial charge in [-0.2, -0.15) is 0 Å². The van der Waals surface area contributed by atoms with E-state index in [9.17, 15) is 14.4 Å². The second-order valence-corrected chi connectivity index (χ2v) is 7.35. The second kappa shape index (κ2) is 7.56. The zero-order valence-electron chi connectivity index (χ0n) is 16.4. The molecule has 5 rings (SSSR count). The molecule has 0 unspecified atom stereocenters. The number of anilines is 1. The highest BCUT2D eigenvalue weighted by atomic mass is 16.5. The average Bonchev–Trinajstić information content (AvgIpc) is 3.61. The summed E-state index contributed by atoms with van der Waals surface area (Å²) >= 11 is 0. The summed E-state index contributed by atoms with van der Waals surface area (Å²) in [7, 11) is 0. The Hall–Kier alpha value is -4.20. The molecule has 1 aliphatic rings. The lowest BCUT2D eigenvalue weighted by molar-refractivity contribution is 0.102. The van der Waals surface area contributed by atoms with Crippen molar-refractivity contribution >= 4 is 22.6 Å². The predicted octanol–water partition coefficient (Wildman–Crippen LogP) is 3.46. The molecular formula is C23H18N4O4. The van der Waals surface area contributed by atoms with Crippen LogP contribution in [0.3, 0.4) is 0 Å². The Morgan fingerprint density at radius 3 is 2.45 bits per heavy atom. The minimum absolute atomic E-state index is 0.0515. The fourth-order valence-corrected chi connectivity index (χ4v) is 3.37. The van der Waals surface area contributed by atoms with Gasteiger partial charge in [0.1, 0.15) is 17.1 Å². The first-order valence-corrected chi connectivity index (χ1v) is 9.87. The normalized spacial score (nSPS) is 13.2. The van der Waals surface area contributed by atoms with Crippen molar-refractivity contribution in [3.8, 4) is 11.5 Å². The Balaban J connectivity index is 1.37. The van der Waals surface area contributed by atoms with Gasteiger partial charge in [0.05, 0.1) is 10.9 Å². The van der Waals surface area contributed by atoms with E-state index in [2.05, 4.69) is 15.3 Å². The number of fused-ring (bicyclic) bond motifs is 1. The first-order chi connectivity index (χ1) is 15.1. The largest absolute Gasteiger partial charge is 0.457 e. The molecule has 1 saturated carbocycles. The Kier molecular flexibility index (Phi) is 4.59. The van der Waals surface area contributed by atoms with Crippen molar-refractivity contribution in [3.05, 3.63) is 93.3 Å². The quantitative estimate of drug-likeness (QED) is 0.520. The highest BCUT2D eigenvalue weighted by molar-refractivity contribution is 6.05. The summed E-state index contributed by atoms with van der Waals surface area (Å²) in [6, 6.07) is 17.8. The van der Waals surface area contributed by atoms with E-state index in [1.165, 1.54) is 16.8 Å². The number of nitrogens with one attached hydrogen (secondary N) is 2. The lowest BCUT2D eigenvalue weighted by atomic mass is 10.2. The molecule has 0 saturated heterocycles. The molecule has 2 heterocycles. The first-order valence-electron chi connectivity index (χ1n) is 9.87. The number of hydrogen-bond acceptors (Lipinski definition) is 5. The summed E-state index contributed by atoms with van der Waals surface area (Å²) in [6.07, 6.45) is 3.12. The van der Waals surface area contributed by atoms with Gasteiger partial charge in [-0.1, -0.05) is 18.2 Å². The Morgan fingerprint density at radius 1 is 1.03 bits per heavy atom. The molecular weight excluding hydrogens is 396 g/mol. The van der Waals surface area contributed by atoms with E-state index in [-0.39, 0.29) is 17.0 Å². The maximum atomic E-state index is 12.7. The molecule has 0 aliphatic heterocycles. The minimum atomic E-state index is -0.554. The molecule has 2 aromatic heterocycles. The Bertz CT molecular complexity index is 1390. The van der Waals surface area contributed by atoms with E-state index in [4.69, 9.17) is 4.74 Å². The van der Waals surface area contributed by atoms with Crippen molar-refractivity contribution in [2.24, 2.45) is 0 Å². The van der Waals surface area contributed by atoms with E-state index in [0.29, 0.717) is 17.1 Å². The molecule has 31 heavy (non-hydrogen) atoms. The number of hydrogen-bond donors (Lipinski definition) is 2. The highest BCUT2D eigenvalue weighted by Gasteiger charge is 2.27. The molecule has 0 bridgehead atoms. The highest BCUT2D eigenvalue weighted by Crippen LogP contribution is 2.34. The topological polar surface area (TPSA) is 106 Å². The van der Waals surface area contributed by atoms with E-state index in [1.54, 1.807) is 24.3 Å². The van der Waals surface area contributed by atoms with Crippen molar-refractivity contribution < 1.29 is 9.53 Å². The fraction of sp³-hybridized carbons (Fsp3) is 0.130. The van der Waals surface area contributed by atoms with Crippen LogP contribution >= 0.6 is 0 Å². The van der Waals surface area contributed by atoms with Gasteiger partial charge in [0.2, 0.25) is 0 Å². The van der Waals surface area contributed by atoms with Crippen LogP contribution < -0.4 is 21.3 Å². The van der Waals surface area contributed by atoms with E-state index >= 15 is 0 Å². The van der Waals surface area contributed by atoms with Gasteiger partial charge in [-0.05, 0) is 55.3 Å². The van der Waals surface area contributed by atoms with Crippen molar-refractivity contribution in [1.82, 2.24) is 14.5 Å². The number of carbonyl (C=O) groups excluding carboxylic acids is 1. The van der Waals surface area contributed by atoms with E-state index in [1.807, 2.05) is 30.3 Å². The number of amides is 1. The summed E-state index contributed by atoms with van der Waals surface area (Å²) in [5, 5.41) is 2.99. The third-order valence-corrected chi connectivity index (χ3v) is 5.04. The number of H-pyrrole nitrogens is 1. The molecule has 1 fully saturated rings. The second-order valence-electron chi connectivity index (χ2n) is 7.35. The van der Waals surface area contributed by atoms with E-state index in [0.717, 1.165) is 18.6 Å². The number of pyridine rings is 1. The van der Waals surface area contributed by atoms with Gasteiger partial charge >= 0.3 is 5.69 Å². The van der Waals surface area contributed by atoms with Crippen LogP contribution in [0.25, 0.3) is 11.0 Å². The van der Waals surface area contributed by atoms with E-state index < -0.39 is 17.2 Å². The fourth-order valence-electron chi connectivity index (χ4n) is 3.37. The molecule has 2 aromatic carbocycles. The molecule has 0 spiro atoms. The van der Waals surface area contributed by atoms with Crippen molar-refractivity contribution in [1.29, 1.82) is 0 Å². The number of nitrogens with zero attached hydrogens (tertiary/aromatic N) is 2. The summed E-state index contributed by atoms with van der Waals surface area (Å²) < 4.78 is 7.23. The van der Waals surface area contributed by atoms with Crippen molar-refractivity contribution in [2.75, 3.05) is 5.32 Å². The third kappa shape index (κ3) is 3.83. The van der Waals surface area contributed by atoms with Gasteiger partial charge in [0.15, 0.2) is 0 Å². The number of carbonyl (C=O) groups is 1. The van der Waals surface area contributed by atoms with Gasteiger partial charge in [-0.3, -0.25) is 19.1 Å². The predicted molar refractivity (Wildman–Crippen MR) is 116 cm³/mol. The standard InChI is InChI=1S/C23H18N4O4/c28-21(25-15-6-10-18(11-7-15)31-17-4-2-1-3-5-17)14-12-19-20(24-13-14)27(16-8-9-16)23(30)26-22(19)29/h1-7,10-13,16H,8-9H2,(H,25,28)(H,26,29,30). The van der Waals surface area contributed by atoms with Gasteiger partial charge < -0.3 is 10.1 Å². The minimum Gasteiger partial charge on any atom is -0.457 e. The van der Waals surface area contributed by atoms with Gasteiger partial charge in [-0.15, -0.1) is 0 Å². The molecule has 1 amide bonds. The lowest BCUT2D eigenvalue weighted by Gasteiger charge is -2.10. The number of para-hydroxylation sites is 1. The number of ether oxygens (including phenoxy) is 1. The number of aromatic amines is 1. The van der Waals surface area contributed by atoms with Crippen molar-refractivity contribution in [3.63, 3.8) is 0 Å². The van der Waals surface area contributed by atoms with Crippen LogP contribution in [-0.4, -0.2) is 20.4 Å². The van der Waals surface area contributed by atoms with Crippen LogP contribution in [0, 0.1) is 0 Å². The van der Waals surface area contributed by atoms with Gasteiger partial charge in [0.25, 0.3) is 11.5 Å². The summed E-state index contributed by atoms with van der Waals surface area (Å²) in [5.41, 5.74) is 0.0742. The maximum absolute atomic E-state index is 12.7. The molecule has 4 aromatic rings. The molecule has 8 heteroatoms. The molecule has 8 nitrogen and oxygen atoms in total. The molecule has 0 atom stereocenters. The number of aromatic nitrogens is 3. The summed E-state index contributed by atoms with van der Waals surface area (Å²) in [6.45, 7) is 0. The zero-order chi connectivity index (χ0) is 21.4. The van der Waals surface area contributed by atoms with Crippen LogP contribution in [0.2, 0.25) is 0 Å². The van der Waals surface area contributed by atoms with Crippen LogP contribution in [0.1, 0.15) is 29.2 Å². The third-order valence-electron chi connectivity index (χ3n) is 5.04. The molecule has 154 valence electrons. The average molecular weight is 414 g/mol. The molecule has 2 N–H and O–H groups in total. The van der Waals surface area contributed by atoms with Crippen LogP contribution in [0.5, 0.6) is 11.5 Å². The SMILES string of the molecule is O=C(Nc1ccc(Oc2ccccc2)cc1)c1cnc2c(c1)c(=O)[nH]c(=O)n2C1CC1. The monoisotopic (exact) mass is 414 g/mol. The van der Waals surface area contributed by atoms with Crippen molar-refractivity contribution in [2.45, 2.75) is 18.9 Å². The van der Waals surface area contributed by atoms with Crippen LogP contribution in [0.4, 0.5) is 5.69 Å². The molecule has 1 aliphatic carbocycles. The smallest absolute Gasteiger partial charge is 0.330 e.